The Labute approximate surface area is 150 Å². The predicted octanol–water partition coefficient (Wildman–Crippen LogP) is 3.74. The second-order valence-corrected chi connectivity index (χ2v) is 6.38. The van der Waals surface area contributed by atoms with Crippen LogP contribution in [0.25, 0.3) is 0 Å². The van der Waals surface area contributed by atoms with E-state index in [0.717, 1.165) is 11.4 Å². The summed E-state index contributed by atoms with van der Waals surface area (Å²) in [6, 6.07) is 16.1. The minimum atomic E-state index is -0.299. The first kappa shape index (κ1) is 15.8. The number of halogens is 1. The van der Waals surface area contributed by atoms with Gasteiger partial charge in [-0.1, -0.05) is 18.2 Å². The fourth-order valence-corrected chi connectivity index (χ4v) is 3.68. The summed E-state index contributed by atoms with van der Waals surface area (Å²) < 4.78 is 16.5. The summed E-state index contributed by atoms with van der Waals surface area (Å²) in [6.45, 7) is 0. The topological polar surface area (TPSA) is 33.1 Å². The van der Waals surface area contributed by atoms with Gasteiger partial charge in [-0.2, -0.15) is 0 Å². The molecular formula is C19H17FN4S. The van der Waals surface area contributed by atoms with Crippen molar-refractivity contribution < 1.29 is 4.39 Å². The Morgan fingerprint density at radius 3 is 2.56 bits per heavy atom. The Kier molecular flexibility index (Phi) is 3.97. The van der Waals surface area contributed by atoms with E-state index in [0.29, 0.717) is 10.8 Å². The second kappa shape index (κ2) is 6.29. The van der Waals surface area contributed by atoms with Gasteiger partial charge in [-0.15, -0.1) is 0 Å². The summed E-state index contributed by atoms with van der Waals surface area (Å²) >= 11 is 5.56. The number of hydrogen-bond acceptors (Lipinski definition) is 2. The predicted molar refractivity (Wildman–Crippen MR) is 99.7 cm³/mol. The van der Waals surface area contributed by atoms with E-state index in [-0.39, 0.29) is 17.9 Å². The van der Waals surface area contributed by atoms with E-state index in [1.54, 1.807) is 18.3 Å². The molecule has 1 N–H and O–H groups in total. The van der Waals surface area contributed by atoms with Crippen molar-refractivity contribution in [3.05, 3.63) is 84.2 Å². The molecule has 1 aromatic carbocycles. The molecule has 1 fully saturated rings. The lowest BCUT2D eigenvalue weighted by molar-refractivity contribution is 0.534. The average Bonchev–Trinajstić information content (AvgIpc) is 3.19. The minimum absolute atomic E-state index is 0.165. The molecule has 0 aliphatic carbocycles. The van der Waals surface area contributed by atoms with Crippen LogP contribution in [0.1, 0.15) is 23.5 Å². The molecule has 0 bridgehead atoms. The Morgan fingerprint density at radius 2 is 1.88 bits per heavy atom. The number of pyridine rings is 1. The molecule has 1 aliphatic rings. The van der Waals surface area contributed by atoms with Crippen molar-refractivity contribution in [3.8, 4) is 0 Å². The minimum Gasteiger partial charge on any atom is -0.353 e. The van der Waals surface area contributed by atoms with E-state index < -0.39 is 0 Å². The Morgan fingerprint density at radius 1 is 1.08 bits per heavy atom. The van der Waals surface area contributed by atoms with Crippen molar-refractivity contribution in [2.45, 2.75) is 12.1 Å². The van der Waals surface area contributed by atoms with E-state index >= 15 is 0 Å². The van der Waals surface area contributed by atoms with Crippen LogP contribution in [0.15, 0.2) is 67.0 Å². The molecule has 1 saturated heterocycles. The molecule has 2 aromatic heterocycles. The van der Waals surface area contributed by atoms with E-state index in [4.69, 9.17) is 12.2 Å². The van der Waals surface area contributed by atoms with Gasteiger partial charge in [0.15, 0.2) is 5.11 Å². The first-order valence-corrected chi connectivity index (χ1v) is 8.44. The highest BCUT2D eigenvalue weighted by atomic mass is 32.1. The zero-order chi connectivity index (χ0) is 17.4. The molecule has 4 nitrogen and oxygen atoms in total. The van der Waals surface area contributed by atoms with Crippen molar-refractivity contribution in [1.82, 2.24) is 14.9 Å². The van der Waals surface area contributed by atoms with Crippen LogP contribution in [0.4, 0.5) is 10.1 Å². The zero-order valence-electron chi connectivity index (χ0n) is 13.6. The summed E-state index contributed by atoms with van der Waals surface area (Å²) in [4.78, 5) is 6.33. The molecule has 3 heterocycles. The van der Waals surface area contributed by atoms with E-state index in [1.807, 2.05) is 59.1 Å². The van der Waals surface area contributed by atoms with Gasteiger partial charge in [-0.05, 0) is 48.6 Å². The van der Waals surface area contributed by atoms with E-state index in [9.17, 15) is 4.39 Å². The molecule has 126 valence electrons. The fraction of sp³-hybridized carbons (Fsp3) is 0.158. The summed E-state index contributed by atoms with van der Waals surface area (Å²) in [7, 11) is 1.98. The summed E-state index contributed by atoms with van der Waals surface area (Å²) in [5, 5.41) is 3.82. The van der Waals surface area contributed by atoms with Crippen LogP contribution in [-0.2, 0) is 7.05 Å². The van der Waals surface area contributed by atoms with Gasteiger partial charge in [0.25, 0.3) is 0 Å². The molecule has 25 heavy (non-hydrogen) atoms. The number of aromatic nitrogens is 2. The molecule has 2 unspecified atom stereocenters. The van der Waals surface area contributed by atoms with Gasteiger partial charge in [-0.25, -0.2) is 4.39 Å². The van der Waals surface area contributed by atoms with Crippen molar-refractivity contribution in [3.63, 3.8) is 0 Å². The molecule has 4 rings (SSSR count). The van der Waals surface area contributed by atoms with Gasteiger partial charge in [0.2, 0.25) is 0 Å². The molecule has 0 amide bonds. The lowest BCUT2D eigenvalue weighted by atomic mass is 10.0. The number of nitrogens with zero attached hydrogens (tertiary/aromatic N) is 3. The number of nitrogens with one attached hydrogen (secondary N) is 1. The van der Waals surface area contributed by atoms with Gasteiger partial charge >= 0.3 is 0 Å². The highest BCUT2D eigenvalue weighted by Gasteiger charge is 2.42. The third-order valence-corrected chi connectivity index (χ3v) is 4.81. The Bertz CT molecular complexity index is 909. The molecule has 3 aromatic rings. The fourth-order valence-electron chi connectivity index (χ4n) is 3.34. The number of thiocarbonyl (C=S) groups is 1. The SMILES string of the molecule is Cn1cccc1C1C(c2ccccn2)NC(=S)N1c1ccccc1F. The maximum Gasteiger partial charge on any atom is 0.174 e. The first-order valence-electron chi connectivity index (χ1n) is 8.03. The number of anilines is 1. The second-order valence-electron chi connectivity index (χ2n) is 5.99. The molecular weight excluding hydrogens is 335 g/mol. The van der Waals surface area contributed by atoms with Crippen LogP contribution < -0.4 is 10.2 Å². The summed E-state index contributed by atoms with van der Waals surface area (Å²) in [5.41, 5.74) is 2.37. The normalized spacial score (nSPS) is 19.9. The molecule has 1 aliphatic heterocycles. The number of benzene rings is 1. The smallest absolute Gasteiger partial charge is 0.174 e. The van der Waals surface area contributed by atoms with Crippen LogP contribution in [0.5, 0.6) is 0 Å². The summed E-state index contributed by atoms with van der Waals surface area (Å²) in [6.07, 6.45) is 3.74. The van der Waals surface area contributed by atoms with Crippen molar-refractivity contribution in [2.24, 2.45) is 7.05 Å². The van der Waals surface area contributed by atoms with Crippen LogP contribution in [0.3, 0.4) is 0 Å². The standard InChI is InChI=1S/C19H17FN4S/c1-23-12-6-10-16(23)18-17(14-8-4-5-11-21-14)22-19(25)24(18)15-9-3-2-7-13(15)20/h2-12,17-18H,1H3,(H,22,25). The first-order chi connectivity index (χ1) is 12.2. The van der Waals surface area contributed by atoms with Crippen LogP contribution in [0.2, 0.25) is 0 Å². The van der Waals surface area contributed by atoms with Gasteiger partial charge in [0, 0.05) is 25.1 Å². The molecule has 0 saturated carbocycles. The quantitative estimate of drug-likeness (QED) is 0.728. The molecule has 0 spiro atoms. The number of aryl methyl sites for hydroxylation is 1. The highest BCUT2D eigenvalue weighted by Crippen LogP contribution is 2.41. The van der Waals surface area contributed by atoms with Crippen LogP contribution in [0, 0.1) is 5.82 Å². The lowest BCUT2D eigenvalue weighted by Gasteiger charge is -2.28. The molecule has 0 radical (unpaired) electrons. The van der Waals surface area contributed by atoms with Crippen molar-refractivity contribution >= 4 is 23.0 Å². The zero-order valence-corrected chi connectivity index (χ0v) is 14.4. The molecule has 2 atom stereocenters. The van der Waals surface area contributed by atoms with Crippen molar-refractivity contribution in [2.75, 3.05) is 4.90 Å². The largest absolute Gasteiger partial charge is 0.353 e. The van der Waals surface area contributed by atoms with Gasteiger partial charge < -0.3 is 14.8 Å². The van der Waals surface area contributed by atoms with Crippen molar-refractivity contribution in [1.29, 1.82) is 0 Å². The third-order valence-electron chi connectivity index (χ3n) is 4.50. The van der Waals surface area contributed by atoms with Gasteiger partial charge in [-0.3, -0.25) is 4.98 Å². The number of para-hydroxylation sites is 1. The van der Waals surface area contributed by atoms with E-state index in [2.05, 4.69) is 10.3 Å². The van der Waals surface area contributed by atoms with Gasteiger partial charge in [0.1, 0.15) is 11.9 Å². The third kappa shape index (κ3) is 2.68. The maximum atomic E-state index is 14.5. The van der Waals surface area contributed by atoms with Crippen LogP contribution >= 0.6 is 12.2 Å². The average molecular weight is 352 g/mol. The lowest BCUT2D eigenvalue weighted by Crippen LogP contribution is -2.30. The number of hydrogen-bond donors (Lipinski definition) is 1. The van der Waals surface area contributed by atoms with Gasteiger partial charge in [0.05, 0.1) is 17.4 Å². The Hall–Kier alpha value is -2.73. The molecule has 6 heteroatoms. The van der Waals surface area contributed by atoms with Crippen LogP contribution in [-0.4, -0.2) is 14.7 Å². The number of rotatable bonds is 3. The summed E-state index contributed by atoms with van der Waals surface area (Å²) in [5.74, 6) is -0.299. The highest BCUT2D eigenvalue weighted by molar-refractivity contribution is 7.80. The van der Waals surface area contributed by atoms with E-state index in [1.165, 1.54) is 6.07 Å². The maximum absolute atomic E-state index is 14.5. The monoisotopic (exact) mass is 352 g/mol. The Balaban J connectivity index is 1.87.